The molecule has 0 aliphatic rings. The van der Waals surface area contributed by atoms with Crippen LogP contribution in [-0.2, 0) is 6.54 Å². The highest BCUT2D eigenvalue weighted by Gasteiger charge is 2.12. The normalized spacial score (nSPS) is 10.6. The Morgan fingerprint density at radius 1 is 1.14 bits per heavy atom. The van der Waals surface area contributed by atoms with Crippen molar-refractivity contribution in [2.24, 2.45) is 0 Å². The average Bonchev–Trinajstić information content (AvgIpc) is 3.40. The standard InChI is InChI=1S/C21H18N4O2S/c1-27-19-6-3-2-5-17(19)18-14-28-21(23-18)24-20(26)16-9-7-15(8-10-16)13-25-12-4-11-22-25/h2-12,14H,13H2,1H3,(H,23,24,26). The van der Waals surface area contributed by atoms with Crippen molar-refractivity contribution in [3.63, 3.8) is 0 Å². The summed E-state index contributed by atoms with van der Waals surface area (Å²) >= 11 is 1.38. The van der Waals surface area contributed by atoms with E-state index in [1.54, 1.807) is 13.3 Å². The molecule has 0 spiro atoms. The zero-order valence-electron chi connectivity index (χ0n) is 15.2. The Labute approximate surface area is 166 Å². The smallest absolute Gasteiger partial charge is 0.257 e. The molecule has 0 saturated carbocycles. The Morgan fingerprint density at radius 3 is 2.71 bits per heavy atom. The molecule has 0 radical (unpaired) electrons. The van der Waals surface area contributed by atoms with E-state index in [1.807, 2.05) is 70.9 Å². The van der Waals surface area contributed by atoms with Crippen molar-refractivity contribution >= 4 is 22.4 Å². The summed E-state index contributed by atoms with van der Waals surface area (Å²) in [6.07, 6.45) is 3.65. The maximum absolute atomic E-state index is 12.5. The van der Waals surface area contributed by atoms with E-state index in [1.165, 1.54) is 11.3 Å². The Balaban J connectivity index is 1.44. The Morgan fingerprint density at radius 2 is 1.96 bits per heavy atom. The zero-order chi connectivity index (χ0) is 19.3. The van der Waals surface area contributed by atoms with E-state index in [4.69, 9.17) is 4.74 Å². The number of anilines is 1. The molecular formula is C21H18N4O2S. The van der Waals surface area contributed by atoms with Gasteiger partial charge in [-0.3, -0.25) is 14.8 Å². The summed E-state index contributed by atoms with van der Waals surface area (Å²) in [6, 6.07) is 17.0. The number of para-hydroxylation sites is 1. The van der Waals surface area contributed by atoms with Crippen LogP contribution in [0.1, 0.15) is 15.9 Å². The number of hydrogen-bond acceptors (Lipinski definition) is 5. The number of rotatable bonds is 6. The molecule has 0 bridgehead atoms. The van der Waals surface area contributed by atoms with Crippen molar-refractivity contribution in [2.75, 3.05) is 12.4 Å². The molecule has 0 saturated heterocycles. The van der Waals surface area contributed by atoms with Gasteiger partial charge in [0.15, 0.2) is 5.13 Å². The third-order valence-corrected chi connectivity index (χ3v) is 4.99. The van der Waals surface area contributed by atoms with Crippen LogP contribution in [0.25, 0.3) is 11.3 Å². The summed E-state index contributed by atoms with van der Waals surface area (Å²) in [4.78, 5) is 17.0. The predicted molar refractivity (Wildman–Crippen MR) is 110 cm³/mol. The SMILES string of the molecule is COc1ccccc1-c1csc(NC(=O)c2ccc(Cn3cccn3)cc2)n1. The number of thiazole rings is 1. The number of carbonyl (C=O) groups is 1. The number of ether oxygens (including phenoxy) is 1. The van der Waals surface area contributed by atoms with Gasteiger partial charge in [0.1, 0.15) is 5.75 Å². The first-order valence-corrected chi connectivity index (χ1v) is 9.57. The van der Waals surface area contributed by atoms with E-state index < -0.39 is 0 Å². The molecule has 7 heteroatoms. The largest absolute Gasteiger partial charge is 0.496 e. The minimum Gasteiger partial charge on any atom is -0.496 e. The fourth-order valence-corrected chi connectivity index (χ4v) is 3.53. The Bertz CT molecular complexity index is 1070. The van der Waals surface area contributed by atoms with E-state index in [0.717, 1.165) is 22.6 Å². The minimum absolute atomic E-state index is 0.188. The zero-order valence-corrected chi connectivity index (χ0v) is 16.0. The van der Waals surface area contributed by atoms with Crippen LogP contribution >= 0.6 is 11.3 Å². The minimum atomic E-state index is -0.188. The second-order valence-corrected chi connectivity index (χ2v) is 6.95. The van der Waals surface area contributed by atoms with E-state index in [9.17, 15) is 4.79 Å². The van der Waals surface area contributed by atoms with Gasteiger partial charge in [-0.1, -0.05) is 24.3 Å². The predicted octanol–water partition coefficient (Wildman–Crippen LogP) is 4.32. The molecule has 140 valence electrons. The Kier molecular flexibility index (Phi) is 5.16. The van der Waals surface area contributed by atoms with E-state index in [0.29, 0.717) is 17.2 Å². The number of carbonyl (C=O) groups excluding carboxylic acids is 1. The number of nitrogens with zero attached hydrogens (tertiary/aromatic N) is 3. The van der Waals surface area contributed by atoms with Gasteiger partial charge < -0.3 is 4.74 Å². The topological polar surface area (TPSA) is 69.0 Å². The number of aromatic nitrogens is 3. The van der Waals surface area contributed by atoms with Gasteiger partial charge in [-0.25, -0.2) is 4.98 Å². The van der Waals surface area contributed by atoms with Gasteiger partial charge in [0.05, 0.1) is 19.3 Å². The van der Waals surface area contributed by atoms with Crippen molar-refractivity contribution in [3.8, 4) is 17.0 Å². The second-order valence-electron chi connectivity index (χ2n) is 6.09. The molecule has 2 heterocycles. The first-order valence-electron chi connectivity index (χ1n) is 8.69. The van der Waals surface area contributed by atoms with E-state index in [2.05, 4.69) is 15.4 Å². The number of nitrogens with one attached hydrogen (secondary N) is 1. The van der Waals surface area contributed by atoms with Gasteiger partial charge in [0.2, 0.25) is 0 Å². The molecule has 0 unspecified atom stereocenters. The van der Waals surface area contributed by atoms with Crippen LogP contribution in [0, 0.1) is 0 Å². The highest BCUT2D eigenvalue weighted by molar-refractivity contribution is 7.14. The fraction of sp³-hybridized carbons (Fsp3) is 0.0952. The molecule has 4 aromatic rings. The van der Waals surface area contributed by atoms with Crippen LogP contribution in [0.3, 0.4) is 0 Å². The van der Waals surface area contributed by atoms with Crippen molar-refractivity contribution in [1.82, 2.24) is 14.8 Å². The van der Waals surface area contributed by atoms with Gasteiger partial charge in [-0.05, 0) is 35.9 Å². The summed E-state index contributed by atoms with van der Waals surface area (Å²) < 4.78 is 7.22. The summed E-state index contributed by atoms with van der Waals surface area (Å²) in [5, 5.41) is 9.50. The lowest BCUT2D eigenvalue weighted by molar-refractivity contribution is 0.102. The monoisotopic (exact) mass is 390 g/mol. The second kappa shape index (κ2) is 8.06. The molecule has 4 rings (SSSR count). The van der Waals surface area contributed by atoms with Crippen molar-refractivity contribution < 1.29 is 9.53 Å². The van der Waals surface area contributed by atoms with Crippen LogP contribution in [0.15, 0.2) is 72.4 Å². The summed E-state index contributed by atoms with van der Waals surface area (Å²) in [5.74, 6) is 0.560. The van der Waals surface area contributed by atoms with Crippen LogP contribution in [0.2, 0.25) is 0 Å². The molecule has 0 fully saturated rings. The Hall–Kier alpha value is -3.45. The van der Waals surface area contributed by atoms with Crippen molar-refractivity contribution in [3.05, 3.63) is 83.5 Å². The van der Waals surface area contributed by atoms with Gasteiger partial charge in [-0.15, -0.1) is 11.3 Å². The first kappa shape index (κ1) is 17.9. The average molecular weight is 390 g/mol. The van der Waals surface area contributed by atoms with Crippen molar-refractivity contribution in [2.45, 2.75) is 6.54 Å². The lowest BCUT2D eigenvalue weighted by Crippen LogP contribution is -2.11. The van der Waals surface area contributed by atoms with Gasteiger partial charge in [0.25, 0.3) is 5.91 Å². The molecule has 1 N–H and O–H groups in total. The van der Waals surface area contributed by atoms with Crippen LogP contribution in [-0.4, -0.2) is 27.8 Å². The summed E-state index contributed by atoms with van der Waals surface area (Å²) in [6.45, 7) is 0.670. The van der Waals surface area contributed by atoms with Crippen LogP contribution in [0.4, 0.5) is 5.13 Å². The number of amides is 1. The first-order chi connectivity index (χ1) is 13.7. The molecule has 1 amide bonds. The summed E-state index contributed by atoms with van der Waals surface area (Å²) in [7, 11) is 1.63. The molecule has 6 nitrogen and oxygen atoms in total. The highest BCUT2D eigenvalue weighted by Crippen LogP contribution is 2.31. The molecule has 2 aromatic carbocycles. The van der Waals surface area contributed by atoms with Crippen molar-refractivity contribution in [1.29, 1.82) is 0 Å². The van der Waals surface area contributed by atoms with Gasteiger partial charge in [-0.2, -0.15) is 5.10 Å². The van der Waals surface area contributed by atoms with Crippen LogP contribution in [0.5, 0.6) is 5.75 Å². The van der Waals surface area contributed by atoms with E-state index >= 15 is 0 Å². The molecule has 0 atom stereocenters. The highest BCUT2D eigenvalue weighted by atomic mass is 32.1. The number of methoxy groups -OCH3 is 1. The number of hydrogen-bond donors (Lipinski definition) is 1. The molecule has 0 aliphatic heterocycles. The van der Waals surface area contributed by atoms with Gasteiger partial charge in [0, 0.05) is 28.9 Å². The molecule has 0 aliphatic carbocycles. The van der Waals surface area contributed by atoms with E-state index in [-0.39, 0.29) is 5.91 Å². The maximum Gasteiger partial charge on any atom is 0.257 e. The maximum atomic E-state index is 12.5. The third kappa shape index (κ3) is 3.94. The quantitative estimate of drug-likeness (QED) is 0.532. The van der Waals surface area contributed by atoms with Gasteiger partial charge >= 0.3 is 0 Å². The lowest BCUT2D eigenvalue weighted by Gasteiger charge is -2.06. The summed E-state index contributed by atoms with van der Waals surface area (Å²) in [5.41, 5.74) is 3.32. The molecular weight excluding hydrogens is 372 g/mol. The number of benzene rings is 2. The molecule has 28 heavy (non-hydrogen) atoms. The molecule has 2 aromatic heterocycles. The third-order valence-electron chi connectivity index (χ3n) is 4.23. The van der Waals surface area contributed by atoms with Crippen LogP contribution < -0.4 is 10.1 Å². The fourth-order valence-electron chi connectivity index (χ4n) is 2.82. The lowest BCUT2D eigenvalue weighted by atomic mass is 10.1.